The van der Waals surface area contributed by atoms with Gasteiger partial charge in [0.25, 0.3) is 0 Å². The maximum atomic E-state index is 5.83. The van der Waals surface area contributed by atoms with Crippen LogP contribution in [0.25, 0.3) is 0 Å². The van der Waals surface area contributed by atoms with Gasteiger partial charge >= 0.3 is 0 Å². The summed E-state index contributed by atoms with van der Waals surface area (Å²) in [5.74, 6) is 1.69. The standard InChI is InChI=1S/C16H17NOS/c1-2-7-16-15(6-1)13(12-19-16)11-18-10-8-14-5-3-4-9-17-14/h1-7,9,13H,8,10-12H2. The average Bonchev–Trinajstić information content (AvgIpc) is 2.88. The van der Waals surface area contributed by atoms with Crippen molar-refractivity contribution in [2.75, 3.05) is 19.0 Å². The van der Waals surface area contributed by atoms with Crippen LogP contribution < -0.4 is 0 Å². The third kappa shape index (κ3) is 3.17. The number of hydrogen-bond acceptors (Lipinski definition) is 3. The zero-order valence-corrected chi connectivity index (χ0v) is 11.6. The first-order valence-corrected chi connectivity index (χ1v) is 7.61. The summed E-state index contributed by atoms with van der Waals surface area (Å²) >= 11 is 1.94. The first-order valence-electron chi connectivity index (χ1n) is 6.63. The largest absolute Gasteiger partial charge is 0.380 e. The maximum Gasteiger partial charge on any atom is 0.0543 e. The van der Waals surface area contributed by atoms with Gasteiger partial charge in [-0.25, -0.2) is 0 Å². The van der Waals surface area contributed by atoms with E-state index in [0.29, 0.717) is 5.92 Å². The smallest absolute Gasteiger partial charge is 0.0543 e. The number of pyridine rings is 1. The highest BCUT2D eigenvalue weighted by atomic mass is 32.2. The van der Waals surface area contributed by atoms with Crippen LogP contribution in [-0.2, 0) is 11.2 Å². The second-order valence-corrected chi connectivity index (χ2v) is 5.75. The first-order chi connectivity index (χ1) is 9.43. The topological polar surface area (TPSA) is 22.1 Å². The van der Waals surface area contributed by atoms with E-state index in [9.17, 15) is 0 Å². The predicted molar refractivity (Wildman–Crippen MR) is 78.7 cm³/mol. The molecule has 1 aromatic carbocycles. The number of ether oxygens (including phenoxy) is 1. The molecule has 0 aliphatic carbocycles. The Balaban J connectivity index is 1.47. The molecule has 1 aliphatic rings. The predicted octanol–water partition coefficient (Wildman–Crippen LogP) is 3.53. The maximum absolute atomic E-state index is 5.83. The Kier molecular flexibility index (Phi) is 4.16. The molecule has 1 aromatic heterocycles. The molecule has 0 fully saturated rings. The molecule has 1 atom stereocenters. The van der Waals surface area contributed by atoms with Crippen molar-refractivity contribution in [1.82, 2.24) is 4.98 Å². The lowest BCUT2D eigenvalue weighted by molar-refractivity contribution is 0.127. The number of hydrogen-bond donors (Lipinski definition) is 0. The van der Waals surface area contributed by atoms with Crippen LogP contribution in [0.1, 0.15) is 17.2 Å². The van der Waals surface area contributed by atoms with Gasteiger partial charge in [-0.3, -0.25) is 4.98 Å². The van der Waals surface area contributed by atoms with E-state index in [1.54, 1.807) is 0 Å². The lowest BCUT2D eigenvalue weighted by Gasteiger charge is -2.11. The lowest BCUT2D eigenvalue weighted by Crippen LogP contribution is -2.09. The molecule has 1 unspecified atom stereocenters. The summed E-state index contributed by atoms with van der Waals surface area (Å²) in [4.78, 5) is 5.72. The molecule has 2 aromatic rings. The van der Waals surface area contributed by atoms with Crippen LogP contribution in [0.5, 0.6) is 0 Å². The van der Waals surface area contributed by atoms with E-state index in [0.717, 1.165) is 31.1 Å². The minimum Gasteiger partial charge on any atom is -0.380 e. The van der Waals surface area contributed by atoms with Crippen LogP contribution in [0.4, 0.5) is 0 Å². The van der Waals surface area contributed by atoms with Gasteiger partial charge in [-0.1, -0.05) is 24.3 Å². The van der Waals surface area contributed by atoms with Crippen molar-refractivity contribution in [2.45, 2.75) is 17.2 Å². The van der Waals surface area contributed by atoms with Crippen LogP contribution in [-0.4, -0.2) is 24.0 Å². The number of benzene rings is 1. The fourth-order valence-corrected chi connectivity index (χ4v) is 3.55. The van der Waals surface area contributed by atoms with Crippen LogP contribution in [0.2, 0.25) is 0 Å². The number of aromatic nitrogens is 1. The molecule has 0 spiro atoms. The SMILES string of the molecule is c1ccc(CCOCC2CSc3ccccc32)nc1. The minimum atomic E-state index is 0.546. The van der Waals surface area contributed by atoms with Gasteiger partial charge in [-0.2, -0.15) is 0 Å². The Labute approximate surface area is 118 Å². The van der Waals surface area contributed by atoms with Crippen molar-refractivity contribution in [3.63, 3.8) is 0 Å². The van der Waals surface area contributed by atoms with Crippen LogP contribution >= 0.6 is 11.8 Å². The molecule has 0 saturated carbocycles. The average molecular weight is 271 g/mol. The molecule has 3 rings (SSSR count). The lowest BCUT2D eigenvalue weighted by atomic mass is 10.0. The van der Waals surface area contributed by atoms with E-state index in [1.165, 1.54) is 10.5 Å². The highest BCUT2D eigenvalue weighted by Gasteiger charge is 2.22. The third-order valence-corrected chi connectivity index (χ3v) is 4.60. The van der Waals surface area contributed by atoms with Gasteiger partial charge in [-0.05, 0) is 23.8 Å². The number of rotatable bonds is 5. The Morgan fingerprint density at radius 2 is 2.05 bits per heavy atom. The zero-order valence-electron chi connectivity index (χ0n) is 10.8. The van der Waals surface area contributed by atoms with Gasteiger partial charge in [0, 0.05) is 34.9 Å². The van der Waals surface area contributed by atoms with E-state index in [2.05, 4.69) is 29.2 Å². The summed E-state index contributed by atoms with van der Waals surface area (Å²) in [5.41, 5.74) is 2.55. The molecule has 0 N–H and O–H groups in total. The summed E-state index contributed by atoms with van der Waals surface area (Å²) < 4.78 is 5.83. The quantitative estimate of drug-likeness (QED) is 0.777. The van der Waals surface area contributed by atoms with Gasteiger partial charge in [0.15, 0.2) is 0 Å². The van der Waals surface area contributed by atoms with Gasteiger partial charge in [0.2, 0.25) is 0 Å². The molecule has 1 aliphatic heterocycles. The molecule has 0 radical (unpaired) electrons. The van der Waals surface area contributed by atoms with Crippen LogP contribution in [0.15, 0.2) is 53.6 Å². The molecule has 19 heavy (non-hydrogen) atoms. The molecule has 98 valence electrons. The van der Waals surface area contributed by atoms with Gasteiger partial charge in [0.05, 0.1) is 13.2 Å². The van der Waals surface area contributed by atoms with Crippen molar-refractivity contribution >= 4 is 11.8 Å². The fraction of sp³-hybridized carbons (Fsp3) is 0.312. The van der Waals surface area contributed by atoms with Gasteiger partial charge in [-0.15, -0.1) is 11.8 Å². The van der Waals surface area contributed by atoms with E-state index < -0.39 is 0 Å². The Hall–Kier alpha value is -1.32. The highest BCUT2D eigenvalue weighted by Crippen LogP contribution is 2.39. The molecule has 0 saturated heterocycles. The molecular weight excluding hydrogens is 254 g/mol. The fourth-order valence-electron chi connectivity index (χ4n) is 2.32. The first kappa shape index (κ1) is 12.7. The second-order valence-electron chi connectivity index (χ2n) is 4.69. The molecule has 3 heteroatoms. The highest BCUT2D eigenvalue weighted by molar-refractivity contribution is 7.99. The monoisotopic (exact) mass is 271 g/mol. The van der Waals surface area contributed by atoms with Crippen molar-refractivity contribution in [1.29, 1.82) is 0 Å². The number of fused-ring (bicyclic) bond motifs is 1. The van der Waals surface area contributed by atoms with Gasteiger partial charge in [0.1, 0.15) is 0 Å². The summed E-state index contributed by atoms with van der Waals surface area (Å²) in [6, 6.07) is 14.7. The third-order valence-electron chi connectivity index (χ3n) is 3.35. The Morgan fingerprint density at radius 1 is 1.16 bits per heavy atom. The van der Waals surface area contributed by atoms with Crippen molar-refractivity contribution in [3.05, 3.63) is 59.9 Å². The molecule has 0 bridgehead atoms. The molecule has 0 amide bonds. The normalized spacial score (nSPS) is 17.4. The van der Waals surface area contributed by atoms with E-state index in [4.69, 9.17) is 4.74 Å². The van der Waals surface area contributed by atoms with Gasteiger partial charge < -0.3 is 4.74 Å². The number of nitrogens with zero attached hydrogens (tertiary/aromatic N) is 1. The van der Waals surface area contributed by atoms with Crippen LogP contribution in [0, 0.1) is 0 Å². The van der Waals surface area contributed by atoms with Crippen molar-refractivity contribution in [2.24, 2.45) is 0 Å². The van der Waals surface area contributed by atoms with Crippen molar-refractivity contribution in [3.8, 4) is 0 Å². The Bertz CT molecular complexity index is 529. The number of thioether (sulfide) groups is 1. The summed E-state index contributed by atoms with van der Waals surface area (Å²) in [7, 11) is 0. The van der Waals surface area contributed by atoms with E-state index in [1.807, 2.05) is 36.2 Å². The zero-order chi connectivity index (χ0) is 12.9. The minimum absolute atomic E-state index is 0.546. The summed E-state index contributed by atoms with van der Waals surface area (Å²) in [6.07, 6.45) is 2.72. The van der Waals surface area contributed by atoms with Crippen molar-refractivity contribution < 1.29 is 4.74 Å². The summed E-state index contributed by atoms with van der Waals surface area (Å²) in [5, 5.41) is 0. The molecular formula is C16H17NOS. The molecule has 2 nitrogen and oxygen atoms in total. The van der Waals surface area contributed by atoms with Crippen LogP contribution in [0.3, 0.4) is 0 Å². The molecule has 2 heterocycles. The Morgan fingerprint density at radius 3 is 2.95 bits per heavy atom. The summed E-state index contributed by atoms with van der Waals surface area (Å²) in [6.45, 7) is 1.57. The van der Waals surface area contributed by atoms with E-state index >= 15 is 0 Å². The van der Waals surface area contributed by atoms with E-state index in [-0.39, 0.29) is 0 Å². The second kappa shape index (κ2) is 6.22.